The lowest BCUT2D eigenvalue weighted by Crippen LogP contribution is -2.50. The van der Waals surface area contributed by atoms with E-state index >= 15 is 0 Å². The Morgan fingerprint density at radius 3 is 2.12 bits per heavy atom. The summed E-state index contributed by atoms with van der Waals surface area (Å²) in [5.74, 6) is -0.559. The number of amides is 1. The number of nitrogens with one attached hydrogen (secondary N) is 2. The zero-order valence-corrected chi connectivity index (χ0v) is 23.6. The maximum Gasteiger partial charge on any atom is 0.250 e. The topological polar surface area (TPSA) is 70.7 Å². The molecule has 0 bridgehead atoms. The molecule has 1 spiro atoms. The van der Waals surface area contributed by atoms with E-state index in [4.69, 9.17) is 4.74 Å². The summed E-state index contributed by atoms with van der Waals surface area (Å²) in [7, 11) is 4.02. The van der Waals surface area contributed by atoms with Gasteiger partial charge in [0.15, 0.2) is 5.78 Å². The molecule has 0 aromatic heterocycles. The second-order valence-electron chi connectivity index (χ2n) is 11.3. The third-order valence-corrected chi connectivity index (χ3v) is 8.25. The number of likely N-dealkylation sites (N-methyl/N-ethyl adjacent to an activating group) is 1. The molecule has 6 rings (SSSR count). The summed E-state index contributed by atoms with van der Waals surface area (Å²) in [6, 6.07) is 35.0. The SMILES string of the molecule is CC(CN(C)C)Oc1ccc(C(=O)C2[C@H](c3ccccc3)[C@@H](c3ccccc3)NC23C(=O)Nc2ccccc23)cc1. The van der Waals surface area contributed by atoms with E-state index in [2.05, 4.69) is 39.8 Å². The minimum absolute atomic E-state index is 0.00151. The first-order valence-electron chi connectivity index (χ1n) is 14.1. The quantitative estimate of drug-likeness (QED) is 0.274. The molecule has 6 nitrogen and oxygen atoms in total. The number of hydrogen-bond donors (Lipinski definition) is 2. The number of fused-ring (bicyclic) bond motifs is 2. The third kappa shape index (κ3) is 4.83. The highest BCUT2D eigenvalue weighted by Crippen LogP contribution is 2.57. The lowest BCUT2D eigenvalue weighted by molar-refractivity contribution is -0.122. The van der Waals surface area contributed by atoms with Crippen molar-refractivity contribution in [1.82, 2.24) is 10.2 Å². The van der Waals surface area contributed by atoms with Gasteiger partial charge >= 0.3 is 0 Å². The zero-order valence-electron chi connectivity index (χ0n) is 23.6. The maximum absolute atomic E-state index is 14.7. The molecule has 3 unspecified atom stereocenters. The molecular formula is C35H35N3O3. The number of para-hydroxylation sites is 1. The molecule has 0 saturated carbocycles. The number of carbonyl (C=O) groups excluding carboxylic acids is 2. The van der Waals surface area contributed by atoms with Crippen LogP contribution in [-0.4, -0.2) is 43.3 Å². The van der Waals surface area contributed by atoms with Crippen molar-refractivity contribution < 1.29 is 14.3 Å². The van der Waals surface area contributed by atoms with Gasteiger partial charge in [-0.15, -0.1) is 0 Å². The second-order valence-corrected chi connectivity index (χ2v) is 11.3. The van der Waals surface area contributed by atoms with Gasteiger partial charge in [-0.05, 0) is 62.5 Å². The number of anilines is 1. The molecule has 0 radical (unpaired) electrons. The standard InChI is InChI=1S/C35H35N3O3/c1-23(22-38(2)3)41-27-20-18-26(19-21-27)33(39)31-30(24-12-6-4-7-13-24)32(25-14-8-5-9-15-25)37-35(31)28-16-10-11-17-29(28)36-34(35)40/h4-21,23,30-32,37H,22H2,1-3H3,(H,36,40)/t23?,30-,31?,32+,35?/m0/s1. The number of rotatable bonds is 8. The van der Waals surface area contributed by atoms with Crippen LogP contribution in [0.25, 0.3) is 0 Å². The average Bonchev–Trinajstić information content (AvgIpc) is 3.49. The molecule has 4 aromatic rings. The summed E-state index contributed by atoms with van der Waals surface area (Å²) in [6.07, 6.45) is 0.00151. The molecule has 208 valence electrons. The Morgan fingerprint density at radius 2 is 1.46 bits per heavy atom. The van der Waals surface area contributed by atoms with Crippen molar-refractivity contribution in [1.29, 1.82) is 0 Å². The van der Waals surface area contributed by atoms with Crippen LogP contribution < -0.4 is 15.4 Å². The molecule has 4 aromatic carbocycles. The minimum atomic E-state index is -1.23. The summed E-state index contributed by atoms with van der Waals surface area (Å²) in [5.41, 5.74) is 2.91. The van der Waals surface area contributed by atoms with Gasteiger partial charge in [-0.25, -0.2) is 0 Å². The van der Waals surface area contributed by atoms with Crippen LogP contribution >= 0.6 is 0 Å². The van der Waals surface area contributed by atoms with Crippen LogP contribution in [-0.2, 0) is 10.3 Å². The van der Waals surface area contributed by atoms with Gasteiger partial charge in [-0.3, -0.25) is 14.9 Å². The number of hydrogen-bond acceptors (Lipinski definition) is 5. The normalized spacial score (nSPS) is 23.8. The van der Waals surface area contributed by atoms with Crippen LogP contribution in [0.15, 0.2) is 109 Å². The molecule has 0 aliphatic carbocycles. The van der Waals surface area contributed by atoms with Crippen molar-refractivity contribution in [3.63, 3.8) is 0 Å². The second kappa shape index (κ2) is 11.0. The summed E-state index contributed by atoms with van der Waals surface area (Å²) in [5, 5.41) is 6.81. The van der Waals surface area contributed by atoms with E-state index in [1.54, 1.807) is 0 Å². The van der Waals surface area contributed by atoms with Crippen LogP contribution in [0, 0.1) is 5.92 Å². The zero-order chi connectivity index (χ0) is 28.6. The lowest BCUT2D eigenvalue weighted by Gasteiger charge is -2.31. The highest BCUT2D eigenvalue weighted by atomic mass is 16.5. The van der Waals surface area contributed by atoms with Gasteiger partial charge in [0.05, 0.1) is 5.92 Å². The molecule has 1 amide bonds. The van der Waals surface area contributed by atoms with Crippen molar-refractivity contribution in [2.75, 3.05) is 26.0 Å². The first-order chi connectivity index (χ1) is 19.9. The Morgan fingerprint density at radius 1 is 0.854 bits per heavy atom. The Balaban J connectivity index is 1.47. The van der Waals surface area contributed by atoms with Crippen molar-refractivity contribution in [3.8, 4) is 5.75 Å². The van der Waals surface area contributed by atoms with Gasteiger partial charge in [-0.2, -0.15) is 0 Å². The molecule has 2 N–H and O–H groups in total. The van der Waals surface area contributed by atoms with Gasteiger partial charge in [0.25, 0.3) is 0 Å². The van der Waals surface area contributed by atoms with E-state index in [1.807, 2.05) is 106 Å². The molecule has 1 saturated heterocycles. The Bertz CT molecular complexity index is 1540. The number of ether oxygens (including phenoxy) is 1. The molecule has 2 heterocycles. The van der Waals surface area contributed by atoms with Crippen LogP contribution in [0.4, 0.5) is 5.69 Å². The maximum atomic E-state index is 14.7. The van der Waals surface area contributed by atoms with E-state index in [9.17, 15) is 9.59 Å². The van der Waals surface area contributed by atoms with E-state index in [1.165, 1.54) is 0 Å². The smallest absolute Gasteiger partial charge is 0.250 e. The highest BCUT2D eigenvalue weighted by Gasteiger charge is 2.64. The largest absolute Gasteiger partial charge is 0.489 e. The monoisotopic (exact) mass is 545 g/mol. The van der Waals surface area contributed by atoms with Crippen LogP contribution in [0.5, 0.6) is 5.75 Å². The number of nitrogens with zero attached hydrogens (tertiary/aromatic N) is 1. The van der Waals surface area contributed by atoms with Crippen molar-refractivity contribution in [2.45, 2.75) is 30.5 Å². The van der Waals surface area contributed by atoms with Gasteiger partial charge < -0.3 is 15.0 Å². The summed E-state index contributed by atoms with van der Waals surface area (Å²) in [4.78, 5) is 30.9. The fourth-order valence-electron chi connectivity index (χ4n) is 6.65. The number of ketones is 1. The van der Waals surface area contributed by atoms with Gasteiger partial charge in [-0.1, -0.05) is 78.9 Å². The lowest BCUT2D eigenvalue weighted by atomic mass is 9.69. The average molecular weight is 546 g/mol. The molecule has 2 aliphatic heterocycles. The number of Topliss-reactive ketones (excluding diaryl/α,β-unsaturated/α-hetero) is 1. The van der Waals surface area contributed by atoms with Gasteiger partial charge in [0.1, 0.15) is 17.4 Å². The Kier molecular flexibility index (Phi) is 7.20. The van der Waals surface area contributed by atoms with Crippen molar-refractivity contribution in [3.05, 3.63) is 131 Å². The first-order valence-corrected chi connectivity index (χ1v) is 14.1. The van der Waals surface area contributed by atoms with Crippen molar-refractivity contribution >= 4 is 17.4 Å². The summed E-state index contributed by atoms with van der Waals surface area (Å²) in [6.45, 7) is 2.81. The Hall–Kier alpha value is -4.26. The first kappa shape index (κ1) is 26.9. The van der Waals surface area contributed by atoms with Crippen molar-refractivity contribution in [2.24, 2.45) is 5.92 Å². The third-order valence-electron chi connectivity index (χ3n) is 8.25. The fraction of sp³-hybridized carbons (Fsp3) is 0.257. The molecule has 41 heavy (non-hydrogen) atoms. The Labute approximate surface area is 241 Å². The van der Waals surface area contributed by atoms with Crippen LogP contribution in [0.1, 0.15) is 45.9 Å². The van der Waals surface area contributed by atoms with E-state index < -0.39 is 11.5 Å². The molecule has 2 aliphatic rings. The molecule has 6 heteroatoms. The predicted octanol–water partition coefficient (Wildman–Crippen LogP) is 5.79. The fourth-order valence-corrected chi connectivity index (χ4v) is 6.65. The molecule has 1 fully saturated rings. The predicted molar refractivity (Wildman–Crippen MR) is 161 cm³/mol. The van der Waals surface area contributed by atoms with Gasteiger partial charge in [0.2, 0.25) is 5.91 Å². The van der Waals surface area contributed by atoms with E-state index in [0.29, 0.717) is 11.3 Å². The van der Waals surface area contributed by atoms with E-state index in [0.717, 1.165) is 28.9 Å². The summed E-state index contributed by atoms with van der Waals surface area (Å²) >= 11 is 0. The molecular weight excluding hydrogens is 510 g/mol. The summed E-state index contributed by atoms with van der Waals surface area (Å²) < 4.78 is 6.08. The van der Waals surface area contributed by atoms with Crippen LogP contribution in [0.2, 0.25) is 0 Å². The number of carbonyl (C=O) groups is 2. The van der Waals surface area contributed by atoms with E-state index in [-0.39, 0.29) is 29.8 Å². The van der Waals surface area contributed by atoms with Gasteiger partial charge in [0, 0.05) is 35.3 Å². The molecule has 5 atom stereocenters. The minimum Gasteiger partial charge on any atom is -0.489 e. The number of benzene rings is 4. The highest BCUT2D eigenvalue weighted by molar-refractivity contribution is 6.12. The van der Waals surface area contributed by atoms with Crippen LogP contribution in [0.3, 0.4) is 0 Å².